The van der Waals surface area contributed by atoms with Gasteiger partial charge < -0.3 is 4.90 Å². The van der Waals surface area contributed by atoms with E-state index in [0.29, 0.717) is 0 Å². The summed E-state index contributed by atoms with van der Waals surface area (Å²) in [5.41, 5.74) is 2.30. The van der Waals surface area contributed by atoms with Crippen LogP contribution in [0, 0.1) is 0 Å². The number of primary sulfonamides is 1. The standard InChI is InChI=1S/C16H20N4O2S/c17-23(21,22)16-3-1-15(2-4-16)20-11-9-19(10-12-20)13-14-5-7-18-8-6-14/h1-8H,9-13H2,(H2,17,21,22). The molecule has 0 amide bonds. The first-order valence-electron chi connectivity index (χ1n) is 7.51. The second-order valence-corrected chi connectivity index (χ2v) is 7.22. The minimum absolute atomic E-state index is 0.151. The second-order valence-electron chi connectivity index (χ2n) is 5.66. The molecule has 1 fully saturated rings. The Morgan fingerprint density at radius 3 is 2.13 bits per heavy atom. The summed E-state index contributed by atoms with van der Waals surface area (Å²) < 4.78 is 22.6. The summed E-state index contributed by atoms with van der Waals surface area (Å²) in [5.74, 6) is 0. The third-order valence-electron chi connectivity index (χ3n) is 4.06. The average Bonchev–Trinajstić information content (AvgIpc) is 2.56. The summed E-state index contributed by atoms with van der Waals surface area (Å²) in [6.45, 7) is 4.71. The van der Waals surface area contributed by atoms with E-state index >= 15 is 0 Å². The maximum absolute atomic E-state index is 11.3. The van der Waals surface area contributed by atoms with Crippen LogP contribution >= 0.6 is 0 Å². The molecule has 0 saturated carbocycles. The normalized spacial score (nSPS) is 16.5. The van der Waals surface area contributed by atoms with Crippen LogP contribution in [0.5, 0.6) is 0 Å². The highest BCUT2D eigenvalue weighted by molar-refractivity contribution is 7.89. The zero-order chi connectivity index (χ0) is 16.3. The molecule has 0 atom stereocenters. The van der Waals surface area contributed by atoms with Crippen LogP contribution < -0.4 is 10.0 Å². The highest BCUT2D eigenvalue weighted by Gasteiger charge is 2.18. The summed E-state index contributed by atoms with van der Waals surface area (Å²) in [4.78, 5) is 8.85. The first-order chi connectivity index (χ1) is 11.0. The van der Waals surface area contributed by atoms with Crippen molar-refractivity contribution >= 4 is 15.7 Å². The van der Waals surface area contributed by atoms with Gasteiger partial charge in [-0.1, -0.05) is 0 Å². The molecule has 6 nitrogen and oxygen atoms in total. The van der Waals surface area contributed by atoms with Crippen LogP contribution in [-0.4, -0.2) is 44.5 Å². The van der Waals surface area contributed by atoms with Gasteiger partial charge in [-0.2, -0.15) is 0 Å². The summed E-state index contributed by atoms with van der Waals surface area (Å²) >= 11 is 0. The molecular weight excluding hydrogens is 312 g/mol. The first kappa shape index (κ1) is 15.9. The number of anilines is 1. The van der Waals surface area contributed by atoms with E-state index in [1.54, 1.807) is 12.1 Å². The zero-order valence-corrected chi connectivity index (χ0v) is 13.6. The minimum Gasteiger partial charge on any atom is -0.369 e. The largest absolute Gasteiger partial charge is 0.369 e. The van der Waals surface area contributed by atoms with Crippen molar-refractivity contribution in [3.8, 4) is 0 Å². The van der Waals surface area contributed by atoms with E-state index in [9.17, 15) is 8.42 Å². The van der Waals surface area contributed by atoms with Crippen molar-refractivity contribution < 1.29 is 8.42 Å². The van der Waals surface area contributed by atoms with Crippen LogP contribution in [-0.2, 0) is 16.6 Å². The summed E-state index contributed by atoms with van der Waals surface area (Å²) in [7, 11) is -3.63. The van der Waals surface area contributed by atoms with E-state index in [2.05, 4.69) is 14.8 Å². The van der Waals surface area contributed by atoms with Crippen LogP contribution in [0.1, 0.15) is 5.56 Å². The Balaban J connectivity index is 1.58. The van der Waals surface area contributed by atoms with Crippen molar-refractivity contribution in [2.24, 2.45) is 5.14 Å². The lowest BCUT2D eigenvalue weighted by molar-refractivity contribution is 0.250. The number of nitrogens with two attached hydrogens (primary N) is 1. The van der Waals surface area contributed by atoms with Gasteiger partial charge in [-0.15, -0.1) is 0 Å². The molecule has 0 radical (unpaired) electrons. The van der Waals surface area contributed by atoms with Gasteiger partial charge in [-0.3, -0.25) is 9.88 Å². The smallest absolute Gasteiger partial charge is 0.238 e. The van der Waals surface area contributed by atoms with Gasteiger partial charge in [-0.25, -0.2) is 13.6 Å². The van der Waals surface area contributed by atoms with Gasteiger partial charge >= 0.3 is 0 Å². The van der Waals surface area contributed by atoms with E-state index in [-0.39, 0.29) is 4.90 Å². The van der Waals surface area contributed by atoms with Crippen molar-refractivity contribution in [1.29, 1.82) is 0 Å². The molecule has 3 rings (SSSR count). The Bertz CT molecular complexity index is 739. The number of rotatable bonds is 4. The molecule has 2 aromatic rings. The van der Waals surface area contributed by atoms with Crippen LogP contribution in [0.2, 0.25) is 0 Å². The van der Waals surface area contributed by atoms with Gasteiger partial charge in [0.05, 0.1) is 4.90 Å². The van der Waals surface area contributed by atoms with Gasteiger partial charge in [0.15, 0.2) is 0 Å². The molecule has 2 heterocycles. The van der Waals surface area contributed by atoms with Gasteiger partial charge in [0, 0.05) is 50.8 Å². The van der Waals surface area contributed by atoms with E-state index < -0.39 is 10.0 Å². The Morgan fingerprint density at radius 1 is 0.957 bits per heavy atom. The van der Waals surface area contributed by atoms with E-state index in [0.717, 1.165) is 38.4 Å². The molecule has 0 spiro atoms. The average molecular weight is 332 g/mol. The Hall–Kier alpha value is -1.96. The Morgan fingerprint density at radius 2 is 1.57 bits per heavy atom. The fourth-order valence-corrected chi connectivity index (χ4v) is 3.27. The molecule has 0 unspecified atom stereocenters. The quantitative estimate of drug-likeness (QED) is 0.905. The molecular formula is C16H20N4O2S. The Kier molecular flexibility index (Phi) is 4.61. The lowest BCUT2D eigenvalue weighted by Crippen LogP contribution is -2.45. The summed E-state index contributed by atoms with van der Waals surface area (Å²) in [6, 6.07) is 10.8. The van der Waals surface area contributed by atoms with Crippen molar-refractivity contribution in [2.45, 2.75) is 11.4 Å². The molecule has 1 aliphatic rings. The lowest BCUT2D eigenvalue weighted by Gasteiger charge is -2.36. The number of benzene rings is 1. The van der Waals surface area contributed by atoms with Crippen LogP contribution in [0.25, 0.3) is 0 Å². The number of sulfonamides is 1. The van der Waals surface area contributed by atoms with Crippen molar-refractivity contribution in [2.75, 3.05) is 31.1 Å². The predicted octanol–water partition coefficient (Wildman–Crippen LogP) is 1.05. The third kappa shape index (κ3) is 4.07. The van der Waals surface area contributed by atoms with E-state index in [4.69, 9.17) is 5.14 Å². The number of aromatic nitrogens is 1. The molecule has 7 heteroatoms. The number of pyridine rings is 1. The second kappa shape index (κ2) is 6.66. The number of nitrogens with zero attached hydrogens (tertiary/aromatic N) is 3. The molecule has 1 saturated heterocycles. The minimum atomic E-state index is -3.63. The van der Waals surface area contributed by atoms with Crippen LogP contribution in [0.4, 0.5) is 5.69 Å². The van der Waals surface area contributed by atoms with Crippen molar-refractivity contribution in [1.82, 2.24) is 9.88 Å². The Labute approximate surface area is 136 Å². The SMILES string of the molecule is NS(=O)(=O)c1ccc(N2CCN(Cc3ccncc3)CC2)cc1. The third-order valence-corrected chi connectivity index (χ3v) is 4.99. The molecule has 2 N–H and O–H groups in total. The predicted molar refractivity (Wildman–Crippen MR) is 89.5 cm³/mol. The number of hydrogen-bond donors (Lipinski definition) is 1. The zero-order valence-electron chi connectivity index (χ0n) is 12.8. The van der Waals surface area contributed by atoms with E-state index in [1.165, 1.54) is 5.56 Å². The molecule has 1 aromatic carbocycles. The molecule has 23 heavy (non-hydrogen) atoms. The molecule has 1 aromatic heterocycles. The van der Waals surface area contributed by atoms with Gasteiger partial charge in [-0.05, 0) is 42.0 Å². The van der Waals surface area contributed by atoms with Crippen molar-refractivity contribution in [3.63, 3.8) is 0 Å². The number of piperazine rings is 1. The van der Waals surface area contributed by atoms with Gasteiger partial charge in [0.2, 0.25) is 10.0 Å². The summed E-state index contributed by atoms with van der Waals surface area (Å²) in [5, 5.41) is 5.12. The van der Waals surface area contributed by atoms with Crippen LogP contribution in [0.3, 0.4) is 0 Å². The fourth-order valence-electron chi connectivity index (χ4n) is 2.76. The van der Waals surface area contributed by atoms with Crippen molar-refractivity contribution in [3.05, 3.63) is 54.4 Å². The topological polar surface area (TPSA) is 79.5 Å². The fraction of sp³-hybridized carbons (Fsp3) is 0.312. The molecule has 0 bridgehead atoms. The number of hydrogen-bond acceptors (Lipinski definition) is 5. The molecule has 122 valence electrons. The maximum atomic E-state index is 11.3. The lowest BCUT2D eigenvalue weighted by atomic mass is 10.2. The van der Waals surface area contributed by atoms with E-state index in [1.807, 2.05) is 36.7 Å². The van der Waals surface area contributed by atoms with Gasteiger partial charge in [0.1, 0.15) is 0 Å². The monoisotopic (exact) mass is 332 g/mol. The first-order valence-corrected chi connectivity index (χ1v) is 9.06. The molecule has 0 aliphatic carbocycles. The summed E-state index contributed by atoms with van der Waals surface area (Å²) in [6.07, 6.45) is 3.64. The highest BCUT2D eigenvalue weighted by atomic mass is 32.2. The van der Waals surface area contributed by atoms with Crippen LogP contribution in [0.15, 0.2) is 53.7 Å². The molecule has 1 aliphatic heterocycles. The highest BCUT2D eigenvalue weighted by Crippen LogP contribution is 2.19. The van der Waals surface area contributed by atoms with Gasteiger partial charge in [0.25, 0.3) is 0 Å². The maximum Gasteiger partial charge on any atom is 0.238 e.